The van der Waals surface area contributed by atoms with Crippen LogP contribution in [0.15, 0.2) is 0 Å². The van der Waals surface area contributed by atoms with Crippen LogP contribution in [0.4, 0.5) is 0 Å². The van der Waals surface area contributed by atoms with Crippen LogP contribution in [0.2, 0.25) is 0 Å². The SMILES string of the molecule is CCCCC(N)=O.O=C(O)[C@H](O)[C@@H](O)[C@H](O)[C@H](O)CO.O=C(O)[C@H](O)[C@@H](O)[C@H](O)[C@H](O)CO. The first-order valence-electron chi connectivity index (χ1n) is 9.50. The Balaban J connectivity index is -0.000000429. The summed E-state index contributed by atoms with van der Waals surface area (Å²) in [6.07, 6.45) is -13.2. The molecule has 0 saturated heterocycles. The van der Waals surface area contributed by atoms with Crippen LogP contribution in [0.3, 0.4) is 0 Å². The first-order chi connectivity index (χ1) is 15.1. The smallest absolute Gasteiger partial charge is 0.335 e. The van der Waals surface area contributed by atoms with Gasteiger partial charge in [-0.15, -0.1) is 0 Å². The van der Waals surface area contributed by atoms with Gasteiger partial charge in [0.05, 0.1) is 13.2 Å². The van der Waals surface area contributed by atoms with Crippen LogP contribution < -0.4 is 5.73 Å². The number of carbonyl (C=O) groups is 3. The van der Waals surface area contributed by atoms with Gasteiger partial charge in [-0.1, -0.05) is 13.3 Å². The van der Waals surface area contributed by atoms with Crippen molar-refractivity contribution in [1.29, 1.82) is 0 Å². The number of hydrogen-bond donors (Lipinski definition) is 13. The molecule has 33 heavy (non-hydrogen) atoms. The summed E-state index contributed by atoms with van der Waals surface area (Å²) in [4.78, 5) is 30.2. The summed E-state index contributed by atoms with van der Waals surface area (Å²) in [6.45, 7) is 0.345. The van der Waals surface area contributed by atoms with Crippen molar-refractivity contribution in [3.8, 4) is 0 Å². The third kappa shape index (κ3) is 16.3. The zero-order chi connectivity index (χ0) is 26.9. The minimum Gasteiger partial charge on any atom is -0.479 e. The molecule has 0 radical (unpaired) electrons. The second-order valence-corrected chi connectivity index (χ2v) is 6.60. The number of amides is 1. The van der Waals surface area contributed by atoms with E-state index in [0.29, 0.717) is 6.42 Å². The fourth-order valence-corrected chi connectivity index (χ4v) is 1.69. The molecule has 1 amide bonds. The number of carboxylic acids is 2. The van der Waals surface area contributed by atoms with Crippen molar-refractivity contribution < 1.29 is 75.7 Å². The van der Waals surface area contributed by atoms with Gasteiger partial charge in [0.1, 0.15) is 36.6 Å². The van der Waals surface area contributed by atoms with Crippen molar-refractivity contribution in [3.63, 3.8) is 0 Å². The molecular formula is C17H35NO15. The predicted octanol–water partition coefficient (Wildman–Crippen LogP) is -6.32. The average Bonchev–Trinajstić information content (AvgIpc) is 2.78. The van der Waals surface area contributed by atoms with Gasteiger partial charge in [0, 0.05) is 6.42 Å². The van der Waals surface area contributed by atoms with E-state index in [9.17, 15) is 14.4 Å². The van der Waals surface area contributed by atoms with Crippen molar-refractivity contribution in [1.82, 2.24) is 0 Å². The molecule has 14 N–H and O–H groups in total. The average molecular weight is 493 g/mol. The number of primary amides is 1. The molecule has 0 aliphatic carbocycles. The maximum Gasteiger partial charge on any atom is 0.335 e. The number of rotatable bonds is 13. The fraction of sp³-hybridized carbons (Fsp3) is 0.824. The van der Waals surface area contributed by atoms with Gasteiger partial charge in [-0.2, -0.15) is 0 Å². The van der Waals surface area contributed by atoms with Crippen molar-refractivity contribution in [2.24, 2.45) is 5.73 Å². The Morgan fingerprint density at radius 2 is 0.970 bits per heavy atom. The highest BCUT2D eigenvalue weighted by molar-refractivity contribution is 5.73. The van der Waals surface area contributed by atoms with E-state index in [0.717, 1.165) is 12.8 Å². The molecule has 0 aliphatic rings. The molecule has 8 atom stereocenters. The van der Waals surface area contributed by atoms with Gasteiger partial charge in [-0.05, 0) is 6.42 Å². The summed E-state index contributed by atoms with van der Waals surface area (Å²) in [5.41, 5.74) is 4.84. The van der Waals surface area contributed by atoms with Crippen molar-refractivity contribution in [2.75, 3.05) is 13.2 Å². The lowest BCUT2D eigenvalue weighted by molar-refractivity contribution is -0.164. The number of hydrogen-bond acceptors (Lipinski definition) is 13. The monoisotopic (exact) mass is 493 g/mol. The molecule has 0 aliphatic heterocycles. The minimum atomic E-state index is -2.20. The number of carboxylic acid groups (broad SMARTS) is 2. The number of aliphatic hydroxyl groups excluding tert-OH is 10. The quantitative estimate of drug-likeness (QED) is 0.113. The standard InChI is InChI=1S/2C6H12O7.C5H11NO/c2*7-1-2(8)3(9)4(10)5(11)6(12)13;1-2-3-4-5(6)7/h2*2-5,7-11H,1H2,(H,12,13);2-4H2,1H3,(H2,6,7)/t2*2-,3-,4+,5-;/m11./s1. The van der Waals surface area contributed by atoms with Crippen LogP contribution in [-0.4, -0.2) is 141 Å². The van der Waals surface area contributed by atoms with Gasteiger partial charge in [-0.25, -0.2) is 9.59 Å². The van der Waals surface area contributed by atoms with Gasteiger partial charge in [0.2, 0.25) is 5.91 Å². The minimum absolute atomic E-state index is 0.193. The van der Waals surface area contributed by atoms with Crippen LogP contribution in [-0.2, 0) is 14.4 Å². The highest BCUT2D eigenvalue weighted by Gasteiger charge is 2.34. The Hall–Kier alpha value is -1.99. The lowest BCUT2D eigenvalue weighted by Crippen LogP contribution is -2.48. The maximum absolute atomic E-state index is 10.1. The summed E-state index contributed by atoms with van der Waals surface area (Å²) in [7, 11) is 0. The van der Waals surface area contributed by atoms with E-state index >= 15 is 0 Å². The van der Waals surface area contributed by atoms with Crippen LogP contribution in [0.25, 0.3) is 0 Å². The first kappa shape index (κ1) is 35.6. The zero-order valence-electron chi connectivity index (χ0n) is 17.8. The van der Waals surface area contributed by atoms with Crippen LogP contribution in [0.5, 0.6) is 0 Å². The van der Waals surface area contributed by atoms with E-state index in [1.165, 1.54) is 0 Å². The zero-order valence-corrected chi connectivity index (χ0v) is 17.8. The van der Waals surface area contributed by atoms with Crippen LogP contribution >= 0.6 is 0 Å². The molecule has 0 saturated carbocycles. The van der Waals surface area contributed by atoms with Crippen molar-refractivity contribution >= 4 is 17.8 Å². The van der Waals surface area contributed by atoms with E-state index in [-0.39, 0.29) is 5.91 Å². The molecule has 0 aromatic heterocycles. The maximum atomic E-state index is 10.1. The molecule has 198 valence electrons. The summed E-state index contributed by atoms with van der Waals surface area (Å²) < 4.78 is 0. The first-order valence-corrected chi connectivity index (χ1v) is 9.50. The molecule has 0 aromatic carbocycles. The fourth-order valence-electron chi connectivity index (χ4n) is 1.69. The molecule has 0 bridgehead atoms. The summed E-state index contributed by atoms with van der Waals surface area (Å²) in [6, 6.07) is 0. The Morgan fingerprint density at radius 3 is 1.12 bits per heavy atom. The highest BCUT2D eigenvalue weighted by atomic mass is 16.4. The lowest BCUT2D eigenvalue weighted by Gasteiger charge is -2.23. The second kappa shape index (κ2) is 19.5. The number of nitrogens with two attached hydrogens (primary N) is 1. The molecule has 0 fully saturated rings. The normalized spacial score (nSPS) is 17.9. The van der Waals surface area contributed by atoms with E-state index in [1.807, 2.05) is 6.92 Å². The Morgan fingerprint density at radius 1 is 0.667 bits per heavy atom. The van der Waals surface area contributed by atoms with Crippen molar-refractivity contribution in [2.45, 2.75) is 75.0 Å². The van der Waals surface area contributed by atoms with E-state index in [4.69, 9.17) is 67.0 Å². The number of carbonyl (C=O) groups excluding carboxylic acids is 1. The molecule has 16 heteroatoms. The number of aliphatic carboxylic acids is 2. The second-order valence-electron chi connectivity index (χ2n) is 6.60. The topological polar surface area (TPSA) is 320 Å². The van der Waals surface area contributed by atoms with Gasteiger partial charge in [0.25, 0.3) is 0 Å². The third-order valence-corrected chi connectivity index (χ3v) is 3.79. The molecular weight excluding hydrogens is 458 g/mol. The summed E-state index contributed by atoms with van der Waals surface area (Å²) >= 11 is 0. The summed E-state index contributed by atoms with van der Waals surface area (Å²) in [5, 5.41) is 104. The lowest BCUT2D eigenvalue weighted by atomic mass is 10.0. The predicted molar refractivity (Wildman–Crippen MR) is 106 cm³/mol. The van der Waals surface area contributed by atoms with Crippen LogP contribution in [0.1, 0.15) is 26.2 Å². The molecule has 0 rings (SSSR count). The largest absolute Gasteiger partial charge is 0.479 e. The van der Waals surface area contributed by atoms with Crippen LogP contribution in [0, 0.1) is 0 Å². The number of aliphatic hydroxyl groups is 10. The third-order valence-electron chi connectivity index (χ3n) is 3.79. The van der Waals surface area contributed by atoms with E-state index < -0.39 is 74.0 Å². The molecule has 0 heterocycles. The van der Waals surface area contributed by atoms with Gasteiger partial charge >= 0.3 is 11.9 Å². The highest BCUT2D eigenvalue weighted by Crippen LogP contribution is 2.05. The van der Waals surface area contributed by atoms with Gasteiger partial charge < -0.3 is 67.0 Å². The molecule has 0 unspecified atom stereocenters. The number of unbranched alkanes of at least 4 members (excludes halogenated alkanes) is 1. The van der Waals surface area contributed by atoms with Crippen molar-refractivity contribution in [3.05, 3.63) is 0 Å². The van der Waals surface area contributed by atoms with E-state index in [1.54, 1.807) is 0 Å². The Kier molecular flexibility index (Phi) is 21.0. The summed E-state index contributed by atoms with van der Waals surface area (Å²) in [5.74, 6) is -3.64. The Labute approximate surface area is 188 Å². The van der Waals surface area contributed by atoms with Gasteiger partial charge in [0.15, 0.2) is 12.2 Å². The van der Waals surface area contributed by atoms with Gasteiger partial charge in [-0.3, -0.25) is 4.79 Å². The molecule has 16 nitrogen and oxygen atoms in total. The Bertz CT molecular complexity index is 511. The molecule has 0 aromatic rings. The molecule has 0 spiro atoms. The van der Waals surface area contributed by atoms with E-state index in [2.05, 4.69) is 0 Å².